The van der Waals surface area contributed by atoms with Gasteiger partial charge in [-0.1, -0.05) is 32.0 Å². The zero-order chi connectivity index (χ0) is 20.5. The first-order valence-electron chi connectivity index (χ1n) is 10.4. The number of amides is 1. The van der Waals surface area contributed by atoms with Gasteiger partial charge in [-0.15, -0.1) is 0 Å². The Balaban J connectivity index is 1.63. The Hall–Kier alpha value is -2.66. The minimum Gasteiger partial charge on any atom is -0.484 e. The van der Waals surface area contributed by atoms with E-state index >= 15 is 0 Å². The molecule has 2 aromatic rings. The molecule has 0 bridgehead atoms. The number of ether oxygens (including phenoxy) is 1. The van der Waals surface area contributed by atoms with E-state index in [0.29, 0.717) is 22.6 Å². The lowest BCUT2D eigenvalue weighted by Crippen LogP contribution is -2.24. The van der Waals surface area contributed by atoms with E-state index in [1.54, 1.807) is 6.07 Å². The van der Waals surface area contributed by atoms with Gasteiger partial charge in [0, 0.05) is 22.4 Å². The molecule has 1 atom stereocenters. The minimum absolute atomic E-state index is 0.138. The molecule has 0 spiro atoms. The van der Waals surface area contributed by atoms with Crippen molar-refractivity contribution in [1.82, 2.24) is 4.90 Å². The normalized spacial score (nSPS) is 19.9. The Morgan fingerprint density at radius 3 is 2.66 bits per heavy atom. The molecule has 4 nitrogen and oxygen atoms in total. The van der Waals surface area contributed by atoms with Crippen molar-refractivity contribution in [3.63, 3.8) is 0 Å². The van der Waals surface area contributed by atoms with Crippen LogP contribution in [0.3, 0.4) is 0 Å². The number of hydrogen-bond acceptors (Lipinski definition) is 3. The van der Waals surface area contributed by atoms with Crippen LogP contribution in [0.15, 0.2) is 36.4 Å². The Kier molecular flexibility index (Phi) is 5.41. The third kappa shape index (κ3) is 3.67. The summed E-state index contributed by atoms with van der Waals surface area (Å²) in [5.74, 6) is -0.0684. The second-order valence-corrected chi connectivity index (χ2v) is 7.66. The molecule has 2 aliphatic rings. The molecular formula is C24H27FN2O2. The average molecular weight is 394 g/mol. The topological polar surface area (TPSA) is 41.6 Å². The fourth-order valence-corrected chi connectivity index (χ4v) is 4.22. The summed E-state index contributed by atoms with van der Waals surface area (Å²) in [5, 5.41) is 2.81. The van der Waals surface area contributed by atoms with Gasteiger partial charge in [-0.2, -0.15) is 0 Å². The van der Waals surface area contributed by atoms with Crippen LogP contribution in [0, 0.1) is 5.82 Å². The molecule has 0 saturated heterocycles. The Labute approximate surface area is 171 Å². The number of carbonyl (C=O) groups is 1. The first-order chi connectivity index (χ1) is 14.0. The first-order valence-corrected chi connectivity index (χ1v) is 10.4. The number of hydrogen-bond donors (Lipinski definition) is 1. The summed E-state index contributed by atoms with van der Waals surface area (Å²) in [7, 11) is 0. The molecule has 0 saturated carbocycles. The van der Waals surface area contributed by atoms with Crippen molar-refractivity contribution in [3.8, 4) is 0 Å². The van der Waals surface area contributed by atoms with E-state index in [-0.39, 0.29) is 17.8 Å². The summed E-state index contributed by atoms with van der Waals surface area (Å²) in [5.41, 5.74) is 4.89. The number of benzene rings is 2. The van der Waals surface area contributed by atoms with Gasteiger partial charge in [-0.25, -0.2) is 4.39 Å². The molecule has 1 unspecified atom stereocenters. The van der Waals surface area contributed by atoms with Gasteiger partial charge in [-0.05, 0) is 63.2 Å². The fourth-order valence-electron chi connectivity index (χ4n) is 4.22. The van der Waals surface area contributed by atoms with Crippen LogP contribution in [0.2, 0.25) is 0 Å². The van der Waals surface area contributed by atoms with Crippen molar-refractivity contribution >= 4 is 22.9 Å². The summed E-state index contributed by atoms with van der Waals surface area (Å²) < 4.78 is 19.9. The zero-order valence-electron chi connectivity index (χ0n) is 17.2. The predicted molar refractivity (Wildman–Crippen MR) is 114 cm³/mol. The van der Waals surface area contributed by atoms with E-state index in [1.807, 2.05) is 13.0 Å². The predicted octanol–water partition coefficient (Wildman–Crippen LogP) is 5.01. The number of nitrogens with zero attached hydrogens (tertiary/aromatic N) is 1. The third-order valence-corrected chi connectivity index (χ3v) is 5.88. The van der Waals surface area contributed by atoms with Gasteiger partial charge in [0.05, 0.1) is 5.57 Å². The number of fused-ring (bicyclic) bond motifs is 2. The molecule has 0 aliphatic carbocycles. The van der Waals surface area contributed by atoms with Gasteiger partial charge in [0.2, 0.25) is 0 Å². The van der Waals surface area contributed by atoms with E-state index in [9.17, 15) is 9.18 Å². The average Bonchev–Trinajstić information content (AvgIpc) is 3.20. The summed E-state index contributed by atoms with van der Waals surface area (Å²) >= 11 is 0. The molecule has 5 heteroatoms. The highest BCUT2D eigenvalue weighted by molar-refractivity contribution is 6.36. The largest absolute Gasteiger partial charge is 0.484 e. The second kappa shape index (κ2) is 7.99. The maximum absolute atomic E-state index is 13.8. The van der Waals surface area contributed by atoms with Gasteiger partial charge < -0.3 is 15.0 Å². The second-order valence-electron chi connectivity index (χ2n) is 7.66. The molecule has 1 N–H and O–H groups in total. The maximum atomic E-state index is 13.8. The number of nitrogens with one attached hydrogen (secondary N) is 1. The van der Waals surface area contributed by atoms with Crippen molar-refractivity contribution in [3.05, 3.63) is 64.5 Å². The number of rotatable bonds is 6. The molecule has 0 fully saturated rings. The van der Waals surface area contributed by atoms with Crippen LogP contribution in [0.25, 0.3) is 11.3 Å². The molecule has 0 aromatic heterocycles. The molecule has 4 rings (SSSR count). The van der Waals surface area contributed by atoms with Crippen LogP contribution in [0.5, 0.6) is 0 Å². The van der Waals surface area contributed by atoms with E-state index in [0.717, 1.165) is 43.6 Å². The Morgan fingerprint density at radius 1 is 1.10 bits per heavy atom. The molecular weight excluding hydrogens is 367 g/mol. The lowest BCUT2D eigenvalue weighted by molar-refractivity contribution is -0.110. The molecule has 2 aromatic carbocycles. The van der Waals surface area contributed by atoms with Gasteiger partial charge >= 0.3 is 0 Å². The van der Waals surface area contributed by atoms with Crippen molar-refractivity contribution in [1.29, 1.82) is 0 Å². The fraction of sp³-hybridized carbons (Fsp3) is 0.375. The number of anilines is 1. The minimum atomic E-state index is -0.367. The summed E-state index contributed by atoms with van der Waals surface area (Å²) in [6.07, 6.45) is 1.98. The van der Waals surface area contributed by atoms with Crippen molar-refractivity contribution in [2.45, 2.75) is 39.7 Å². The molecule has 2 heterocycles. The lowest BCUT2D eigenvalue weighted by atomic mass is 9.96. The number of halogens is 1. The van der Waals surface area contributed by atoms with Crippen LogP contribution in [0.4, 0.5) is 10.1 Å². The lowest BCUT2D eigenvalue weighted by Gasteiger charge is -2.17. The first kappa shape index (κ1) is 19.6. The zero-order valence-corrected chi connectivity index (χ0v) is 17.2. The molecule has 1 amide bonds. The Morgan fingerprint density at radius 2 is 1.90 bits per heavy atom. The van der Waals surface area contributed by atoms with Crippen molar-refractivity contribution in [2.24, 2.45) is 0 Å². The molecule has 29 heavy (non-hydrogen) atoms. The van der Waals surface area contributed by atoms with Crippen LogP contribution in [0.1, 0.15) is 55.5 Å². The Bertz CT molecular complexity index is 979. The van der Waals surface area contributed by atoms with E-state index < -0.39 is 0 Å². The summed E-state index contributed by atoms with van der Waals surface area (Å²) in [6, 6.07) is 10.7. The summed E-state index contributed by atoms with van der Waals surface area (Å²) in [4.78, 5) is 15.0. The van der Waals surface area contributed by atoms with E-state index in [2.05, 4.69) is 36.2 Å². The van der Waals surface area contributed by atoms with Gasteiger partial charge in [-0.3, -0.25) is 4.79 Å². The van der Waals surface area contributed by atoms with Crippen molar-refractivity contribution in [2.75, 3.05) is 25.0 Å². The quantitative estimate of drug-likeness (QED) is 0.700. The maximum Gasteiger partial charge on any atom is 0.260 e. The SMILES string of the molecule is CCN(CC)CCCc1ccc2c(c1)C(C)OC2=C1C(=O)Nc2ccc(F)cc21. The van der Waals surface area contributed by atoms with Gasteiger partial charge in [0.15, 0.2) is 0 Å². The van der Waals surface area contributed by atoms with Crippen molar-refractivity contribution < 1.29 is 13.9 Å². The van der Waals surface area contributed by atoms with E-state index in [4.69, 9.17) is 4.74 Å². The highest BCUT2D eigenvalue weighted by Gasteiger charge is 2.35. The van der Waals surface area contributed by atoms with Gasteiger partial charge in [0.25, 0.3) is 5.91 Å². The molecule has 152 valence electrons. The van der Waals surface area contributed by atoms with Crippen LogP contribution in [-0.2, 0) is 16.0 Å². The monoisotopic (exact) mass is 394 g/mol. The number of aryl methyl sites for hydroxylation is 1. The highest BCUT2D eigenvalue weighted by atomic mass is 19.1. The van der Waals surface area contributed by atoms with Crippen LogP contribution in [-0.4, -0.2) is 30.4 Å². The smallest absolute Gasteiger partial charge is 0.260 e. The number of carbonyl (C=O) groups excluding carboxylic acids is 1. The van der Waals surface area contributed by atoms with Crippen LogP contribution >= 0.6 is 0 Å². The van der Waals surface area contributed by atoms with E-state index in [1.165, 1.54) is 17.7 Å². The highest BCUT2D eigenvalue weighted by Crippen LogP contribution is 2.45. The molecule has 2 aliphatic heterocycles. The summed E-state index contributed by atoms with van der Waals surface area (Å²) in [6.45, 7) is 9.62. The standard InChI is InChI=1S/C24H27FN2O2/c1-4-27(5-2)12-6-7-16-8-10-18-19(13-16)15(3)29-23(18)22-20-14-17(25)9-11-21(20)26-24(22)28/h8-11,13-15H,4-7,12H2,1-3H3,(H,26,28). The van der Waals surface area contributed by atoms with Crippen LogP contribution < -0.4 is 5.32 Å². The molecule has 0 radical (unpaired) electrons. The third-order valence-electron chi connectivity index (χ3n) is 5.88. The van der Waals surface area contributed by atoms with Gasteiger partial charge in [0.1, 0.15) is 17.7 Å².